The Balaban J connectivity index is 1.24. The number of ether oxygens (including phenoxy) is 2. The molecule has 2 aliphatic heterocycles. The first-order chi connectivity index (χ1) is 19.0. The monoisotopic (exact) mass is 584 g/mol. The summed E-state index contributed by atoms with van der Waals surface area (Å²) < 4.78 is 11.3. The summed E-state index contributed by atoms with van der Waals surface area (Å²) in [5.74, 6) is 0.127. The molecular formula is C28H30Cl2N6O4. The van der Waals surface area contributed by atoms with Crippen LogP contribution < -0.4 is 19.9 Å². The number of para-hydroxylation sites is 1. The lowest BCUT2D eigenvalue weighted by Crippen LogP contribution is -2.50. The number of carbonyl (C=O) groups excluding carboxylic acids is 2. The number of nitrogens with zero attached hydrogens (tertiary/aromatic N) is 5. The molecule has 1 saturated heterocycles. The second kappa shape index (κ2) is 11.0. The third-order valence-corrected chi connectivity index (χ3v) is 7.10. The van der Waals surface area contributed by atoms with Crippen LogP contribution in [0.1, 0.15) is 36.7 Å². The molecule has 0 atom stereocenters. The number of hydrogen-bond acceptors (Lipinski definition) is 8. The van der Waals surface area contributed by atoms with Gasteiger partial charge in [-0.05, 0) is 63.6 Å². The largest absolute Gasteiger partial charge is 0.455 e. The highest BCUT2D eigenvalue weighted by Gasteiger charge is 2.31. The van der Waals surface area contributed by atoms with Gasteiger partial charge < -0.3 is 24.6 Å². The van der Waals surface area contributed by atoms with Crippen molar-refractivity contribution in [3.8, 4) is 5.88 Å². The van der Waals surface area contributed by atoms with Crippen LogP contribution >= 0.6 is 23.2 Å². The molecule has 5 rings (SSSR count). The van der Waals surface area contributed by atoms with E-state index in [1.807, 2.05) is 45.9 Å². The number of benzene rings is 2. The molecule has 0 unspecified atom stereocenters. The normalized spacial score (nSPS) is 15.4. The van der Waals surface area contributed by atoms with E-state index in [0.717, 1.165) is 16.9 Å². The van der Waals surface area contributed by atoms with Crippen LogP contribution in [0.15, 0.2) is 42.6 Å². The van der Waals surface area contributed by atoms with Crippen LogP contribution in [0.3, 0.4) is 0 Å². The zero-order chi connectivity index (χ0) is 28.6. The summed E-state index contributed by atoms with van der Waals surface area (Å²) in [6, 6.07) is 11.0. The molecule has 2 amide bonds. The summed E-state index contributed by atoms with van der Waals surface area (Å²) >= 11 is 12.6. The van der Waals surface area contributed by atoms with Crippen molar-refractivity contribution in [2.75, 3.05) is 48.0 Å². The maximum absolute atomic E-state index is 13.1. The van der Waals surface area contributed by atoms with Crippen LogP contribution in [0.2, 0.25) is 10.0 Å². The Morgan fingerprint density at radius 2 is 1.77 bits per heavy atom. The average Bonchev–Trinajstić information content (AvgIpc) is 2.89. The molecule has 2 aliphatic rings. The van der Waals surface area contributed by atoms with E-state index in [0.29, 0.717) is 47.9 Å². The summed E-state index contributed by atoms with van der Waals surface area (Å²) in [4.78, 5) is 39.6. The number of aromatic nitrogens is 2. The van der Waals surface area contributed by atoms with Crippen molar-refractivity contribution in [1.29, 1.82) is 0 Å². The summed E-state index contributed by atoms with van der Waals surface area (Å²) in [6.07, 6.45) is 1.15. The first-order valence-corrected chi connectivity index (χ1v) is 13.6. The molecule has 0 radical (unpaired) electrons. The number of carbonyl (C=O) groups is 2. The van der Waals surface area contributed by atoms with Crippen LogP contribution in [0.4, 0.5) is 27.8 Å². The minimum Gasteiger partial charge on any atom is -0.455 e. The molecule has 0 bridgehead atoms. The van der Waals surface area contributed by atoms with E-state index in [9.17, 15) is 9.59 Å². The van der Waals surface area contributed by atoms with E-state index >= 15 is 0 Å². The van der Waals surface area contributed by atoms with E-state index in [2.05, 4.69) is 20.2 Å². The smallest absolute Gasteiger partial charge is 0.410 e. The number of anilines is 4. The molecule has 12 heteroatoms. The first kappa shape index (κ1) is 27.8. The molecule has 1 aromatic heterocycles. The minimum absolute atomic E-state index is 0.0826. The second-order valence-corrected chi connectivity index (χ2v) is 11.4. The zero-order valence-corrected chi connectivity index (χ0v) is 24.2. The number of nitrogens with one attached hydrogen (secondary N) is 1. The minimum atomic E-state index is -0.512. The number of rotatable bonds is 4. The first-order valence-electron chi connectivity index (χ1n) is 12.9. The lowest BCUT2D eigenvalue weighted by Gasteiger charge is -2.37. The number of hydrogen-bond donors (Lipinski definition) is 1. The highest BCUT2D eigenvalue weighted by Crippen LogP contribution is 2.37. The third-order valence-electron chi connectivity index (χ3n) is 6.49. The van der Waals surface area contributed by atoms with Gasteiger partial charge in [0.2, 0.25) is 11.8 Å². The van der Waals surface area contributed by atoms with Gasteiger partial charge in [0, 0.05) is 43.8 Å². The van der Waals surface area contributed by atoms with Gasteiger partial charge in [0.25, 0.3) is 5.91 Å². The maximum Gasteiger partial charge on any atom is 0.410 e. The van der Waals surface area contributed by atoms with Crippen molar-refractivity contribution in [3.63, 3.8) is 0 Å². The van der Waals surface area contributed by atoms with Gasteiger partial charge >= 0.3 is 6.09 Å². The van der Waals surface area contributed by atoms with Crippen LogP contribution in [-0.2, 0) is 4.74 Å². The molecule has 3 aromatic rings. The molecule has 3 heterocycles. The number of amides is 2. The number of piperazine rings is 1. The van der Waals surface area contributed by atoms with Gasteiger partial charge in [-0.3, -0.25) is 9.69 Å². The highest BCUT2D eigenvalue weighted by molar-refractivity contribution is 6.40. The van der Waals surface area contributed by atoms with Crippen molar-refractivity contribution >= 4 is 58.2 Å². The second-order valence-electron chi connectivity index (χ2n) is 10.6. The quantitative estimate of drug-likeness (QED) is 0.405. The lowest BCUT2D eigenvalue weighted by atomic mass is 10.1. The fourth-order valence-corrected chi connectivity index (χ4v) is 5.20. The fraction of sp³-hybridized carbons (Fsp3) is 0.357. The molecule has 10 nitrogen and oxygen atoms in total. The van der Waals surface area contributed by atoms with E-state index in [4.69, 9.17) is 32.7 Å². The van der Waals surface area contributed by atoms with E-state index < -0.39 is 5.60 Å². The molecule has 210 valence electrons. The molecule has 2 aromatic carbocycles. The van der Waals surface area contributed by atoms with Crippen LogP contribution in [-0.4, -0.2) is 65.4 Å². The van der Waals surface area contributed by atoms with Crippen molar-refractivity contribution in [2.24, 2.45) is 0 Å². The molecular weight excluding hydrogens is 555 g/mol. The summed E-state index contributed by atoms with van der Waals surface area (Å²) in [5.41, 5.74) is 3.03. The topological polar surface area (TPSA) is 100 Å². The van der Waals surface area contributed by atoms with Crippen LogP contribution in [0.25, 0.3) is 0 Å². The van der Waals surface area contributed by atoms with Gasteiger partial charge in [-0.25, -0.2) is 9.78 Å². The van der Waals surface area contributed by atoms with E-state index in [1.54, 1.807) is 23.1 Å². The average molecular weight is 585 g/mol. The van der Waals surface area contributed by atoms with Crippen molar-refractivity contribution < 1.29 is 19.1 Å². The third kappa shape index (κ3) is 5.88. The molecule has 1 fully saturated rings. The standard InChI is InChI=1S/C28H30Cl2N6O4/c1-17-14-18(8-9-22(17)34-10-12-35(13-11-34)27(38)40-28(2,3)4)32-26-31-15-19-24(33-26)39-16-36(25(19)37)23-20(29)6-5-7-21(23)30/h5-9,14-15H,10-13,16H2,1-4H3,(H,31,32,33). The van der Waals surface area contributed by atoms with Crippen molar-refractivity contribution in [1.82, 2.24) is 14.9 Å². The summed E-state index contributed by atoms with van der Waals surface area (Å²) in [7, 11) is 0. The molecule has 0 spiro atoms. The van der Waals surface area contributed by atoms with Gasteiger partial charge in [-0.15, -0.1) is 0 Å². The Hall–Kier alpha value is -3.76. The SMILES string of the molecule is Cc1cc(Nc2ncc3c(n2)OCN(c2c(Cl)cccc2Cl)C3=O)ccc1N1CCN(C(=O)OC(C)(C)C)CC1. The van der Waals surface area contributed by atoms with Crippen molar-refractivity contribution in [3.05, 3.63) is 63.8 Å². The van der Waals surface area contributed by atoms with Gasteiger partial charge in [-0.1, -0.05) is 29.3 Å². The molecule has 0 saturated carbocycles. The molecule has 40 heavy (non-hydrogen) atoms. The van der Waals surface area contributed by atoms with E-state index in [1.165, 1.54) is 11.1 Å². The Morgan fingerprint density at radius 1 is 1.07 bits per heavy atom. The van der Waals surface area contributed by atoms with Crippen LogP contribution in [0, 0.1) is 6.92 Å². The Labute approximate surface area is 242 Å². The predicted octanol–water partition coefficient (Wildman–Crippen LogP) is 5.89. The van der Waals surface area contributed by atoms with E-state index in [-0.39, 0.29) is 30.2 Å². The Kier molecular flexibility index (Phi) is 7.65. The lowest BCUT2D eigenvalue weighted by molar-refractivity contribution is 0.0240. The summed E-state index contributed by atoms with van der Waals surface area (Å²) in [5, 5.41) is 3.87. The molecule has 1 N–H and O–H groups in total. The van der Waals surface area contributed by atoms with Gasteiger partial charge in [0.1, 0.15) is 11.2 Å². The fourth-order valence-electron chi connectivity index (χ4n) is 4.60. The highest BCUT2D eigenvalue weighted by atomic mass is 35.5. The number of halogens is 2. The van der Waals surface area contributed by atoms with Crippen LogP contribution in [0.5, 0.6) is 5.88 Å². The predicted molar refractivity (Wildman–Crippen MR) is 155 cm³/mol. The Morgan fingerprint density at radius 3 is 2.42 bits per heavy atom. The Bertz CT molecular complexity index is 1430. The number of aryl methyl sites for hydroxylation is 1. The van der Waals surface area contributed by atoms with Gasteiger partial charge in [-0.2, -0.15) is 4.98 Å². The number of fused-ring (bicyclic) bond motifs is 1. The van der Waals surface area contributed by atoms with Gasteiger partial charge in [0.15, 0.2) is 6.73 Å². The zero-order valence-electron chi connectivity index (χ0n) is 22.7. The maximum atomic E-state index is 13.1. The summed E-state index contributed by atoms with van der Waals surface area (Å²) in [6.45, 7) is 10.2. The molecule has 0 aliphatic carbocycles. The van der Waals surface area contributed by atoms with Crippen molar-refractivity contribution in [2.45, 2.75) is 33.3 Å². The van der Waals surface area contributed by atoms with Gasteiger partial charge in [0.05, 0.1) is 15.7 Å².